The van der Waals surface area contributed by atoms with Crippen LogP contribution >= 0.6 is 0 Å². The molecule has 0 amide bonds. The lowest BCUT2D eigenvalue weighted by atomic mass is 9.98. The number of hydrogen-bond donors (Lipinski definition) is 0. The summed E-state index contributed by atoms with van der Waals surface area (Å²) < 4.78 is 6.99. The second kappa shape index (κ2) is 11.8. The first kappa shape index (κ1) is 30.7. The van der Waals surface area contributed by atoms with E-state index in [1.54, 1.807) is 0 Å². The van der Waals surface area contributed by atoms with Crippen LogP contribution in [0.4, 0.5) is 11.4 Å². The highest BCUT2D eigenvalue weighted by molar-refractivity contribution is 6.18. The molecule has 0 atom stereocenters. The molecular formula is C50H29N5. The van der Waals surface area contributed by atoms with E-state index < -0.39 is 0 Å². The number of rotatable bonds is 4. The van der Waals surface area contributed by atoms with E-state index in [0.717, 1.165) is 82.8 Å². The third-order valence-electron chi connectivity index (χ3n) is 11.1. The highest BCUT2D eigenvalue weighted by atomic mass is 15.0. The Morgan fingerprint density at radius 3 is 1.36 bits per heavy atom. The molecule has 8 aromatic carbocycles. The summed E-state index contributed by atoms with van der Waals surface area (Å²) in [5.74, 6) is 0. The van der Waals surface area contributed by atoms with E-state index >= 15 is 0 Å². The lowest BCUT2D eigenvalue weighted by Crippen LogP contribution is -2.02. The zero-order valence-electron chi connectivity index (χ0n) is 29.5. The Balaban J connectivity index is 1.25. The van der Waals surface area contributed by atoms with E-state index in [-0.39, 0.29) is 0 Å². The molecule has 5 nitrogen and oxygen atoms in total. The highest BCUT2D eigenvalue weighted by Gasteiger charge is 2.24. The van der Waals surface area contributed by atoms with Gasteiger partial charge in [-0.15, -0.1) is 0 Å². The molecular weight excluding hydrogens is 671 g/mol. The molecule has 0 N–H and O–H groups in total. The summed E-state index contributed by atoms with van der Waals surface area (Å²) in [7, 11) is 0. The van der Waals surface area contributed by atoms with Crippen LogP contribution in [0, 0.1) is 13.1 Å². The molecule has 0 radical (unpaired) electrons. The first-order chi connectivity index (χ1) is 27.3. The minimum Gasteiger partial charge on any atom is -0.310 e. The minimum atomic E-state index is 0.567. The molecule has 0 fully saturated rings. The average molecular weight is 700 g/mol. The standard InChI is InChI=1S/C50H29N5/c1-51-37-21-13-28-44-48(37)34-18-5-10-25-41(34)54(44)42-26-11-6-19-35(42)49-38(52-2)22-14-29-45(49)55-43-27-12-7-20-36(43)50-46(30-15-31-47(50)55)53-39-23-8-3-16-32(39)33-17-4-9-24-40(33)53/h3-31H. The van der Waals surface area contributed by atoms with Crippen LogP contribution in [-0.4, -0.2) is 13.7 Å². The lowest BCUT2D eigenvalue weighted by Gasteiger charge is -2.20. The number of aromatic nitrogens is 3. The predicted molar refractivity (Wildman–Crippen MR) is 227 cm³/mol. The summed E-state index contributed by atoms with van der Waals surface area (Å²) in [6.07, 6.45) is 0. The molecule has 254 valence electrons. The van der Waals surface area contributed by atoms with Crippen molar-refractivity contribution in [2.24, 2.45) is 0 Å². The topological polar surface area (TPSA) is 23.5 Å². The summed E-state index contributed by atoms with van der Waals surface area (Å²) in [6, 6.07) is 61.1. The largest absolute Gasteiger partial charge is 0.310 e. The van der Waals surface area contributed by atoms with Gasteiger partial charge in [-0.2, -0.15) is 0 Å². The van der Waals surface area contributed by atoms with Gasteiger partial charge < -0.3 is 13.7 Å². The second-order valence-corrected chi connectivity index (χ2v) is 13.8. The van der Waals surface area contributed by atoms with E-state index in [9.17, 15) is 0 Å². The molecule has 3 aromatic heterocycles. The molecule has 0 saturated heterocycles. The summed E-state index contributed by atoms with van der Waals surface area (Å²) in [5.41, 5.74) is 12.3. The van der Waals surface area contributed by atoms with Gasteiger partial charge in [0.05, 0.1) is 52.1 Å². The van der Waals surface area contributed by atoms with Crippen LogP contribution in [0.2, 0.25) is 0 Å². The van der Waals surface area contributed by atoms with Crippen molar-refractivity contribution in [1.29, 1.82) is 0 Å². The molecule has 5 heteroatoms. The number of nitrogens with zero attached hydrogens (tertiary/aromatic N) is 5. The fourth-order valence-corrected chi connectivity index (χ4v) is 8.95. The molecule has 0 aliphatic carbocycles. The van der Waals surface area contributed by atoms with Gasteiger partial charge in [-0.3, -0.25) is 0 Å². The lowest BCUT2D eigenvalue weighted by molar-refractivity contribution is 1.16. The molecule has 0 bridgehead atoms. The van der Waals surface area contributed by atoms with Gasteiger partial charge in [0.15, 0.2) is 11.4 Å². The normalized spacial score (nSPS) is 11.6. The Hall–Kier alpha value is -7.86. The maximum atomic E-state index is 8.50. The van der Waals surface area contributed by atoms with Crippen molar-refractivity contribution in [3.8, 4) is 28.2 Å². The molecule has 0 spiro atoms. The first-order valence-corrected chi connectivity index (χ1v) is 18.3. The molecule has 11 aromatic rings. The van der Waals surface area contributed by atoms with Crippen LogP contribution < -0.4 is 0 Å². The Morgan fingerprint density at radius 1 is 0.309 bits per heavy atom. The molecule has 0 unspecified atom stereocenters. The van der Waals surface area contributed by atoms with Gasteiger partial charge in [-0.1, -0.05) is 121 Å². The van der Waals surface area contributed by atoms with Crippen molar-refractivity contribution in [3.63, 3.8) is 0 Å². The quantitative estimate of drug-likeness (QED) is 0.163. The van der Waals surface area contributed by atoms with Gasteiger partial charge in [0, 0.05) is 43.7 Å². The van der Waals surface area contributed by atoms with Crippen molar-refractivity contribution < 1.29 is 0 Å². The molecule has 3 heterocycles. The Morgan fingerprint density at radius 2 is 0.709 bits per heavy atom. The van der Waals surface area contributed by atoms with Crippen molar-refractivity contribution in [2.75, 3.05) is 0 Å². The van der Waals surface area contributed by atoms with E-state index in [0.29, 0.717) is 11.4 Å². The first-order valence-electron chi connectivity index (χ1n) is 18.3. The van der Waals surface area contributed by atoms with Gasteiger partial charge in [-0.05, 0) is 65.5 Å². The smallest absolute Gasteiger partial charge is 0.197 e. The number of fused-ring (bicyclic) bond motifs is 9. The predicted octanol–water partition coefficient (Wildman–Crippen LogP) is 13.7. The monoisotopic (exact) mass is 699 g/mol. The van der Waals surface area contributed by atoms with Gasteiger partial charge in [0.1, 0.15) is 0 Å². The minimum absolute atomic E-state index is 0.567. The van der Waals surface area contributed by atoms with Gasteiger partial charge >= 0.3 is 0 Å². The number of benzene rings is 8. The van der Waals surface area contributed by atoms with Gasteiger partial charge in [0.25, 0.3) is 0 Å². The van der Waals surface area contributed by atoms with Crippen molar-refractivity contribution in [2.45, 2.75) is 0 Å². The molecule has 55 heavy (non-hydrogen) atoms. The molecule has 11 rings (SSSR count). The van der Waals surface area contributed by atoms with E-state index in [1.807, 2.05) is 42.5 Å². The van der Waals surface area contributed by atoms with Gasteiger partial charge in [-0.25, -0.2) is 9.69 Å². The third kappa shape index (κ3) is 4.27. The third-order valence-corrected chi connectivity index (χ3v) is 11.1. The summed E-state index contributed by atoms with van der Waals surface area (Å²) in [6.45, 7) is 16.5. The van der Waals surface area contributed by atoms with Crippen LogP contribution in [0.3, 0.4) is 0 Å². The van der Waals surface area contributed by atoms with Crippen molar-refractivity contribution >= 4 is 76.8 Å². The maximum Gasteiger partial charge on any atom is 0.197 e. The number of hydrogen-bond acceptors (Lipinski definition) is 0. The highest BCUT2D eigenvalue weighted by Crippen LogP contribution is 2.46. The van der Waals surface area contributed by atoms with Crippen LogP contribution in [0.1, 0.15) is 0 Å². The fraction of sp³-hybridized carbons (Fsp3) is 0. The molecule has 0 saturated carbocycles. The molecule has 0 aliphatic heterocycles. The van der Waals surface area contributed by atoms with Crippen molar-refractivity contribution in [1.82, 2.24) is 13.7 Å². The Bertz CT molecular complexity index is 3420. The van der Waals surface area contributed by atoms with Crippen LogP contribution in [0.15, 0.2) is 176 Å². The number of para-hydroxylation sites is 5. The van der Waals surface area contributed by atoms with Gasteiger partial charge in [0.2, 0.25) is 0 Å². The zero-order chi connectivity index (χ0) is 36.6. The summed E-state index contributed by atoms with van der Waals surface area (Å²) in [5, 5.41) is 6.67. The average Bonchev–Trinajstić information content (AvgIpc) is 3.89. The second-order valence-electron chi connectivity index (χ2n) is 13.8. The van der Waals surface area contributed by atoms with Crippen LogP contribution in [0.25, 0.3) is 103 Å². The SMILES string of the molecule is [C-]#[N+]c1cccc(-n2c3ccccc3c3c(-n4c5ccccc5c5ccccc54)cccc32)c1-c1ccccc1-n1c2ccccc2c2c([N+]#[C-])cccc21. The molecule has 0 aliphatic rings. The zero-order valence-corrected chi connectivity index (χ0v) is 29.5. The maximum absolute atomic E-state index is 8.50. The summed E-state index contributed by atoms with van der Waals surface area (Å²) in [4.78, 5) is 8.08. The Labute approximate surface area is 316 Å². The van der Waals surface area contributed by atoms with E-state index in [1.165, 1.54) is 10.8 Å². The van der Waals surface area contributed by atoms with Crippen molar-refractivity contribution in [3.05, 3.63) is 199 Å². The van der Waals surface area contributed by atoms with E-state index in [2.05, 4.69) is 157 Å². The fourth-order valence-electron chi connectivity index (χ4n) is 8.95. The summed E-state index contributed by atoms with van der Waals surface area (Å²) >= 11 is 0. The van der Waals surface area contributed by atoms with Crippen LogP contribution in [0.5, 0.6) is 0 Å². The van der Waals surface area contributed by atoms with E-state index in [4.69, 9.17) is 13.1 Å². The Kier molecular flexibility index (Phi) is 6.61. The van der Waals surface area contributed by atoms with Crippen LogP contribution in [-0.2, 0) is 0 Å².